The zero-order valence-corrected chi connectivity index (χ0v) is 10.3. The van der Waals surface area contributed by atoms with Gasteiger partial charge in [-0.3, -0.25) is 14.9 Å². The smallest absolute Gasteiger partial charge is 0.272 e. The maximum atomic E-state index is 13.7. The minimum atomic E-state index is -0.877. The van der Waals surface area contributed by atoms with Gasteiger partial charge in [0.2, 0.25) is 0 Å². The highest BCUT2D eigenvalue weighted by Crippen LogP contribution is 2.19. The predicted octanol–water partition coefficient (Wildman–Crippen LogP) is 1.59. The van der Waals surface area contributed by atoms with Crippen LogP contribution in [0.25, 0.3) is 0 Å². The van der Waals surface area contributed by atoms with Gasteiger partial charge in [0.05, 0.1) is 29.3 Å². The van der Waals surface area contributed by atoms with E-state index in [-0.39, 0.29) is 17.4 Å². The van der Waals surface area contributed by atoms with E-state index in [1.165, 1.54) is 4.90 Å². The molecule has 0 aliphatic carbocycles. The van der Waals surface area contributed by atoms with Crippen molar-refractivity contribution < 1.29 is 18.8 Å². The molecule has 2 rings (SSSR count). The Morgan fingerprint density at radius 2 is 2.32 bits per heavy atom. The first-order valence-electron chi connectivity index (χ1n) is 5.84. The maximum absolute atomic E-state index is 13.7. The first kappa shape index (κ1) is 13.4. The largest absolute Gasteiger partial charge is 0.375 e. The van der Waals surface area contributed by atoms with E-state index >= 15 is 0 Å². The van der Waals surface area contributed by atoms with Crippen molar-refractivity contribution in [2.45, 2.75) is 13.0 Å². The second-order valence-corrected chi connectivity index (χ2v) is 4.35. The summed E-state index contributed by atoms with van der Waals surface area (Å²) in [6, 6.07) is 3.03. The molecule has 0 aromatic heterocycles. The zero-order chi connectivity index (χ0) is 14.0. The van der Waals surface area contributed by atoms with Crippen molar-refractivity contribution in [1.82, 2.24) is 4.90 Å². The van der Waals surface area contributed by atoms with Gasteiger partial charge in [-0.25, -0.2) is 4.39 Å². The number of rotatable bonds is 2. The lowest BCUT2D eigenvalue weighted by molar-refractivity contribution is -0.385. The first-order chi connectivity index (χ1) is 8.99. The molecule has 1 heterocycles. The Morgan fingerprint density at radius 3 is 2.89 bits per heavy atom. The molecule has 0 spiro atoms. The average molecular weight is 268 g/mol. The summed E-state index contributed by atoms with van der Waals surface area (Å²) in [4.78, 5) is 23.4. The van der Waals surface area contributed by atoms with Gasteiger partial charge in [-0.05, 0) is 13.0 Å². The topological polar surface area (TPSA) is 72.7 Å². The number of carbonyl (C=O) groups excluding carboxylic acids is 1. The monoisotopic (exact) mass is 268 g/mol. The number of nitro groups is 1. The Bertz CT molecular complexity index is 520. The Hall–Kier alpha value is -2.02. The van der Waals surface area contributed by atoms with Crippen molar-refractivity contribution in [3.8, 4) is 0 Å². The summed E-state index contributed by atoms with van der Waals surface area (Å²) in [7, 11) is 0. The van der Waals surface area contributed by atoms with Crippen LogP contribution in [-0.4, -0.2) is 41.5 Å². The number of benzene rings is 1. The van der Waals surface area contributed by atoms with E-state index in [9.17, 15) is 19.3 Å². The van der Waals surface area contributed by atoms with Crippen LogP contribution in [0.5, 0.6) is 0 Å². The first-order valence-corrected chi connectivity index (χ1v) is 5.84. The van der Waals surface area contributed by atoms with Gasteiger partial charge < -0.3 is 9.64 Å². The Kier molecular flexibility index (Phi) is 3.75. The Balaban J connectivity index is 2.21. The van der Waals surface area contributed by atoms with Gasteiger partial charge in [-0.15, -0.1) is 0 Å². The van der Waals surface area contributed by atoms with Gasteiger partial charge in [-0.2, -0.15) is 0 Å². The molecule has 0 radical (unpaired) electrons. The Morgan fingerprint density at radius 1 is 1.58 bits per heavy atom. The van der Waals surface area contributed by atoms with Crippen molar-refractivity contribution in [3.63, 3.8) is 0 Å². The highest BCUT2D eigenvalue weighted by atomic mass is 19.1. The molecule has 102 valence electrons. The molecule has 1 aliphatic rings. The summed E-state index contributed by atoms with van der Waals surface area (Å²) in [5.41, 5.74) is -0.524. The quantitative estimate of drug-likeness (QED) is 0.603. The second-order valence-electron chi connectivity index (χ2n) is 4.35. The summed E-state index contributed by atoms with van der Waals surface area (Å²) >= 11 is 0. The molecule has 1 amide bonds. The standard InChI is InChI=1S/C12H13FN2O4/c1-8-7-14(4-5-19-8)12(16)10-3-2-9(15(17)18)6-11(10)13/h2-3,6,8H,4-5,7H2,1H3/t8-/m0/s1. The van der Waals surface area contributed by atoms with Crippen molar-refractivity contribution in [2.24, 2.45) is 0 Å². The summed E-state index contributed by atoms with van der Waals surface area (Å²) in [5.74, 6) is -1.35. The molecule has 1 aromatic rings. The number of hydrogen-bond acceptors (Lipinski definition) is 4. The van der Waals surface area contributed by atoms with Gasteiger partial charge in [0.15, 0.2) is 0 Å². The minimum Gasteiger partial charge on any atom is -0.375 e. The molecular formula is C12H13FN2O4. The highest BCUT2D eigenvalue weighted by molar-refractivity contribution is 5.94. The van der Waals surface area contributed by atoms with Crippen molar-refractivity contribution in [1.29, 1.82) is 0 Å². The van der Waals surface area contributed by atoms with Crippen LogP contribution < -0.4 is 0 Å². The number of ether oxygens (including phenoxy) is 1. The van der Waals surface area contributed by atoms with E-state index in [1.54, 1.807) is 0 Å². The van der Waals surface area contributed by atoms with Gasteiger partial charge in [0, 0.05) is 19.2 Å². The van der Waals surface area contributed by atoms with Crippen LogP contribution in [0.15, 0.2) is 18.2 Å². The molecule has 6 nitrogen and oxygen atoms in total. The second kappa shape index (κ2) is 5.31. The van der Waals surface area contributed by atoms with Gasteiger partial charge in [0.1, 0.15) is 5.82 Å². The third-order valence-electron chi connectivity index (χ3n) is 2.92. The van der Waals surface area contributed by atoms with E-state index < -0.39 is 16.6 Å². The third-order valence-corrected chi connectivity index (χ3v) is 2.92. The molecular weight excluding hydrogens is 255 g/mol. The number of hydrogen-bond donors (Lipinski definition) is 0. The summed E-state index contributed by atoms with van der Waals surface area (Å²) in [6.45, 7) is 3.00. The maximum Gasteiger partial charge on any atom is 0.272 e. The van der Waals surface area contributed by atoms with Crippen LogP contribution in [0.2, 0.25) is 0 Å². The van der Waals surface area contributed by atoms with E-state index in [4.69, 9.17) is 4.74 Å². The number of nitro benzene ring substituents is 1. The van der Waals surface area contributed by atoms with E-state index in [2.05, 4.69) is 0 Å². The minimum absolute atomic E-state index is 0.0983. The molecule has 0 saturated carbocycles. The summed E-state index contributed by atoms with van der Waals surface area (Å²) in [5, 5.41) is 10.5. The lowest BCUT2D eigenvalue weighted by atomic mass is 10.1. The number of non-ortho nitro benzene ring substituents is 1. The zero-order valence-electron chi connectivity index (χ0n) is 10.3. The van der Waals surface area contributed by atoms with Crippen LogP contribution in [0, 0.1) is 15.9 Å². The van der Waals surface area contributed by atoms with Crippen molar-refractivity contribution in [2.75, 3.05) is 19.7 Å². The molecule has 1 fully saturated rings. The number of carbonyl (C=O) groups is 1. The predicted molar refractivity (Wildman–Crippen MR) is 64.4 cm³/mol. The SMILES string of the molecule is C[C@H]1CN(C(=O)c2ccc([N+](=O)[O-])cc2F)CCO1. The number of halogens is 1. The summed E-state index contributed by atoms with van der Waals surface area (Å²) < 4.78 is 19.0. The van der Waals surface area contributed by atoms with E-state index in [0.717, 1.165) is 18.2 Å². The normalized spacial score (nSPS) is 19.3. The molecule has 1 saturated heterocycles. The van der Waals surface area contributed by atoms with Gasteiger partial charge >= 0.3 is 0 Å². The molecule has 19 heavy (non-hydrogen) atoms. The Labute approximate surface area is 108 Å². The van der Waals surface area contributed by atoms with Crippen molar-refractivity contribution >= 4 is 11.6 Å². The molecule has 1 atom stereocenters. The molecule has 0 bridgehead atoms. The van der Waals surface area contributed by atoms with E-state index in [0.29, 0.717) is 19.7 Å². The van der Waals surface area contributed by atoms with Gasteiger partial charge in [0.25, 0.3) is 11.6 Å². The molecule has 1 aromatic carbocycles. The van der Waals surface area contributed by atoms with Crippen molar-refractivity contribution in [3.05, 3.63) is 39.7 Å². The van der Waals surface area contributed by atoms with E-state index in [1.807, 2.05) is 6.92 Å². The van der Waals surface area contributed by atoms with Crippen LogP contribution in [0.3, 0.4) is 0 Å². The number of amides is 1. The molecule has 0 unspecified atom stereocenters. The lowest BCUT2D eigenvalue weighted by Gasteiger charge is -2.31. The summed E-state index contributed by atoms with van der Waals surface area (Å²) in [6.07, 6.45) is -0.0983. The molecule has 0 N–H and O–H groups in total. The number of nitrogens with zero attached hydrogens (tertiary/aromatic N) is 2. The fraction of sp³-hybridized carbons (Fsp3) is 0.417. The van der Waals surface area contributed by atoms with Crippen LogP contribution in [0.4, 0.5) is 10.1 Å². The lowest BCUT2D eigenvalue weighted by Crippen LogP contribution is -2.44. The number of morpholine rings is 1. The van der Waals surface area contributed by atoms with Crippen LogP contribution in [0.1, 0.15) is 17.3 Å². The van der Waals surface area contributed by atoms with Crippen LogP contribution in [-0.2, 0) is 4.74 Å². The third kappa shape index (κ3) is 2.87. The average Bonchev–Trinajstić information content (AvgIpc) is 2.37. The highest BCUT2D eigenvalue weighted by Gasteiger charge is 2.25. The van der Waals surface area contributed by atoms with Crippen LogP contribution >= 0.6 is 0 Å². The fourth-order valence-corrected chi connectivity index (χ4v) is 1.96. The molecule has 7 heteroatoms. The van der Waals surface area contributed by atoms with Gasteiger partial charge in [-0.1, -0.05) is 0 Å². The fourth-order valence-electron chi connectivity index (χ4n) is 1.96. The molecule has 1 aliphatic heterocycles.